The van der Waals surface area contributed by atoms with Crippen molar-refractivity contribution in [2.45, 2.75) is 0 Å². The molecule has 0 bridgehead atoms. The summed E-state index contributed by atoms with van der Waals surface area (Å²) in [6.07, 6.45) is 0. The smallest absolute Gasteiger partial charge is 0.182 e. The number of halogens is 2. The van der Waals surface area contributed by atoms with Crippen LogP contribution in [0.2, 0.25) is 0 Å². The topological polar surface area (TPSA) is 58.7 Å². The van der Waals surface area contributed by atoms with Crippen LogP contribution in [-0.2, 0) is 4.74 Å². The normalized spacial score (nSPS) is 10.5. The first-order chi connectivity index (χ1) is 9.02. The lowest BCUT2D eigenvalue weighted by molar-refractivity contribution is 0.202. The van der Waals surface area contributed by atoms with Gasteiger partial charge in [-0.25, -0.2) is 8.78 Å². The van der Waals surface area contributed by atoms with Gasteiger partial charge in [0.25, 0.3) is 0 Å². The summed E-state index contributed by atoms with van der Waals surface area (Å²) in [5, 5.41) is 8.96. The van der Waals surface area contributed by atoms with E-state index in [1.54, 1.807) is 0 Å². The van der Waals surface area contributed by atoms with Crippen molar-refractivity contribution in [2.24, 2.45) is 5.73 Å². The molecular weight excluding hydrogens is 274 g/mol. The van der Waals surface area contributed by atoms with Gasteiger partial charge in [-0.3, -0.25) is 0 Å². The first-order valence-electron chi connectivity index (χ1n) is 5.65. The van der Waals surface area contributed by atoms with Crippen LogP contribution in [0.3, 0.4) is 0 Å². The molecule has 0 amide bonds. The van der Waals surface area contributed by atoms with E-state index in [1.807, 2.05) is 0 Å². The fraction of sp³-hybridized carbons (Fsp3) is 0.417. The highest BCUT2D eigenvalue weighted by Gasteiger charge is 2.18. The first kappa shape index (κ1) is 15.7. The van der Waals surface area contributed by atoms with Crippen LogP contribution < -0.4 is 10.6 Å². The summed E-state index contributed by atoms with van der Waals surface area (Å²) in [5.41, 5.74) is 5.21. The Morgan fingerprint density at radius 2 is 2.05 bits per heavy atom. The third-order valence-electron chi connectivity index (χ3n) is 2.60. The van der Waals surface area contributed by atoms with Crippen LogP contribution in [0.15, 0.2) is 12.1 Å². The molecule has 7 heteroatoms. The van der Waals surface area contributed by atoms with Crippen molar-refractivity contribution in [1.82, 2.24) is 0 Å². The maximum atomic E-state index is 14.0. The summed E-state index contributed by atoms with van der Waals surface area (Å²) >= 11 is 4.64. The number of hydrogen-bond donors (Lipinski definition) is 2. The standard InChI is InChI=1S/C12H16F2N2O2S/c1-18-7-5-16(4-6-17)9-3-2-8(12(15)19)10(13)11(9)14/h2-3,17H,4-7H2,1H3,(H2,15,19). The zero-order valence-corrected chi connectivity index (χ0v) is 11.3. The molecule has 1 aromatic rings. The molecule has 0 atom stereocenters. The van der Waals surface area contributed by atoms with Crippen molar-refractivity contribution in [3.8, 4) is 0 Å². The van der Waals surface area contributed by atoms with E-state index in [0.29, 0.717) is 13.2 Å². The molecule has 0 radical (unpaired) electrons. The molecule has 106 valence electrons. The number of aliphatic hydroxyl groups is 1. The fourth-order valence-corrected chi connectivity index (χ4v) is 1.81. The lowest BCUT2D eigenvalue weighted by Gasteiger charge is -2.24. The lowest BCUT2D eigenvalue weighted by atomic mass is 10.1. The molecule has 3 N–H and O–H groups in total. The number of nitrogens with two attached hydrogens (primary N) is 1. The average Bonchev–Trinajstić information content (AvgIpc) is 2.37. The highest BCUT2D eigenvalue weighted by molar-refractivity contribution is 7.80. The van der Waals surface area contributed by atoms with E-state index in [9.17, 15) is 8.78 Å². The van der Waals surface area contributed by atoms with Crippen LogP contribution in [0, 0.1) is 11.6 Å². The Balaban J connectivity index is 3.10. The number of ether oxygens (including phenoxy) is 1. The highest BCUT2D eigenvalue weighted by Crippen LogP contribution is 2.24. The third-order valence-corrected chi connectivity index (χ3v) is 2.82. The Morgan fingerprint density at radius 1 is 1.37 bits per heavy atom. The van der Waals surface area contributed by atoms with Gasteiger partial charge in [-0.2, -0.15) is 0 Å². The summed E-state index contributed by atoms with van der Waals surface area (Å²) in [7, 11) is 1.50. The van der Waals surface area contributed by atoms with Crippen LogP contribution in [0.25, 0.3) is 0 Å². The Bertz CT molecular complexity index is 458. The molecule has 0 spiro atoms. The Hall–Kier alpha value is -1.31. The Morgan fingerprint density at radius 3 is 2.58 bits per heavy atom. The van der Waals surface area contributed by atoms with Crippen molar-refractivity contribution < 1.29 is 18.6 Å². The number of rotatable bonds is 7. The number of anilines is 1. The van der Waals surface area contributed by atoms with Gasteiger partial charge in [-0.1, -0.05) is 12.2 Å². The molecule has 4 nitrogen and oxygen atoms in total. The van der Waals surface area contributed by atoms with E-state index >= 15 is 0 Å². The third kappa shape index (κ3) is 3.82. The number of hydrogen-bond acceptors (Lipinski definition) is 4. The van der Waals surface area contributed by atoms with Crippen LogP contribution in [-0.4, -0.2) is 43.5 Å². The molecule has 1 rings (SSSR count). The van der Waals surface area contributed by atoms with Gasteiger partial charge in [-0.05, 0) is 12.1 Å². The van der Waals surface area contributed by atoms with Crippen LogP contribution in [0.5, 0.6) is 0 Å². The van der Waals surface area contributed by atoms with Gasteiger partial charge in [0.2, 0.25) is 0 Å². The molecule has 0 aliphatic heterocycles. The van der Waals surface area contributed by atoms with E-state index in [-0.39, 0.29) is 29.4 Å². The number of nitrogens with zero attached hydrogens (tertiary/aromatic N) is 1. The second-order valence-electron chi connectivity index (χ2n) is 3.83. The zero-order chi connectivity index (χ0) is 14.4. The van der Waals surface area contributed by atoms with E-state index in [4.69, 9.17) is 15.6 Å². The van der Waals surface area contributed by atoms with Crippen molar-refractivity contribution in [3.05, 3.63) is 29.3 Å². The summed E-state index contributed by atoms with van der Waals surface area (Å²) in [6, 6.07) is 2.71. The molecule has 0 heterocycles. The largest absolute Gasteiger partial charge is 0.395 e. The minimum Gasteiger partial charge on any atom is -0.395 e. The van der Waals surface area contributed by atoms with Gasteiger partial charge in [0.15, 0.2) is 11.6 Å². The molecule has 0 aliphatic rings. The van der Waals surface area contributed by atoms with Gasteiger partial charge in [-0.15, -0.1) is 0 Å². The van der Waals surface area contributed by atoms with Crippen molar-refractivity contribution in [3.63, 3.8) is 0 Å². The SMILES string of the molecule is COCCN(CCO)c1ccc(C(N)=S)c(F)c1F. The Kier molecular flexibility index (Phi) is 6.07. The number of benzene rings is 1. The number of aliphatic hydroxyl groups excluding tert-OH is 1. The first-order valence-corrected chi connectivity index (χ1v) is 6.06. The minimum atomic E-state index is -1.08. The molecule has 0 aliphatic carbocycles. The molecule has 0 aromatic heterocycles. The summed E-state index contributed by atoms with van der Waals surface area (Å²) < 4.78 is 32.6. The van der Waals surface area contributed by atoms with Crippen LogP contribution in [0.1, 0.15) is 5.56 Å². The van der Waals surface area contributed by atoms with Crippen LogP contribution in [0.4, 0.5) is 14.5 Å². The van der Waals surface area contributed by atoms with E-state index in [2.05, 4.69) is 12.2 Å². The molecule has 19 heavy (non-hydrogen) atoms. The average molecular weight is 290 g/mol. The predicted octanol–water partition coefficient (Wildman–Crippen LogP) is 1.04. The highest BCUT2D eigenvalue weighted by atomic mass is 32.1. The zero-order valence-electron chi connectivity index (χ0n) is 10.5. The number of thiocarbonyl (C=S) groups is 1. The lowest BCUT2D eigenvalue weighted by Crippen LogP contribution is -2.31. The summed E-state index contributed by atoms with van der Waals surface area (Å²) in [4.78, 5) is 1.29. The molecule has 0 saturated heterocycles. The van der Waals surface area contributed by atoms with E-state index in [0.717, 1.165) is 0 Å². The molecule has 1 aromatic carbocycles. The van der Waals surface area contributed by atoms with Crippen molar-refractivity contribution >= 4 is 22.9 Å². The van der Waals surface area contributed by atoms with Gasteiger partial charge in [0, 0.05) is 25.8 Å². The van der Waals surface area contributed by atoms with Gasteiger partial charge >= 0.3 is 0 Å². The summed E-state index contributed by atoms with van der Waals surface area (Å²) in [5.74, 6) is -2.11. The molecule has 0 unspecified atom stereocenters. The second-order valence-corrected chi connectivity index (χ2v) is 4.27. The van der Waals surface area contributed by atoms with Gasteiger partial charge in [0.1, 0.15) is 4.99 Å². The van der Waals surface area contributed by atoms with E-state index in [1.165, 1.54) is 24.1 Å². The Labute approximate surface area is 115 Å². The fourth-order valence-electron chi connectivity index (χ4n) is 1.65. The maximum Gasteiger partial charge on any atom is 0.182 e. The molecule has 0 fully saturated rings. The van der Waals surface area contributed by atoms with E-state index < -0.39 is 11.6 Å². The maximum absolute atomic E-state index is 14.0. The minimum absolute atomic E-state index is 0.0450. The van der Waals surface area contributed by atoms with Crippen LogP contribution >= 0.6 is 12.2 Å². The number of methoxy groups -OCH3 is 1. The van der Waals surface area contributed by atoms with Crippen molar-refractivity contribution in [1.29, 1.82) is 0 Å². The van der Waals surface area contributed by atoms with Gasteiger partial charge in [0.05, 0.1) is 18.9 Å². The van der Waals surface area contributed by atoms with Crippen molar-refractivity contribution in [2.75, 3.05) is 38.3 Å². The monoisotopic (exact) mass is 290 g/mol. The second kappa shape index (κ2) is 7.32. The molecule has 0 saturated carbocycles. The molecular formula is C12H16F2N2O2S. The van der Waals surface area contributed by atoms with Gasteiger partial charge < -0.3 is 20.5 Å². The predicted molar refractivity (Wildman–Crippen MR) is 73.4 cm³/mol. The quantitative estimate of drug-likeness (QED) is 0.735. The summed E-state index contributed by atoms with van der Waals surface area (Å²) in [6.45, 7) is 0.659.